The first-order chi connectivity index (χ1) is 13.5. The molecule has 0 saturated heterocycles. The summed E-state index contributed by atoms with van der Waals surface area (Å²) in [6.45, 7) is 0.157. The SMILES string of the molecule is O=S(=O)(NC[C@H](c1ccc(F)cc1)c1c[nH]c2ccccc12)c1ccccc1. The van der Waals surface area contributed by atoms with Gasteiger partial charge < -0.3 is 4.98 Å². The number of halogens is 1. The molecule has 3 aromatic carbocycles. The van der Waals surface area contributed by atoms with Gasteiger partial charge in [-0.2, -0.15) is 0 Å². The Morgan fingerprint density at radius 2 is 1.57 bits per heavy atom. The number of hydrogen-bond acceptors (Lipinski definition) is 2. The van der Waals surface area contributed by atoms with Gasteiger partial charge in [-0.15, -0.1) is 0 Å². The first-order valence-electron chi connectivity index (χ1n) is 8.91. The molecule has 4 aromatic rings. The molecule has 0 unspecified atom stereocenters. The van der Waals surface area contributed by atoms with E-state index in [1.807, 2.05) is 30.5 Å². The minimum atomic E-state index is -3.65. The van der Waals surface area contributed by atoms with Gasteiger partial charge in [-0.3, -0.25) is 0 Å². The molecule has 1 aromatic heterocycles. The lowest BCUT2D eigenvalue weighted by Gasteiger charge is -2.18. The number of benzene rings is 3. The van der Waals surface area contributed by atoms with Crippen molar-refractivity contribution in [1.29, 1.82) is 0 Å². The Morgan fingerprint density at radius 3 is 2.32 bits per heavy atom. The van der Waals surface area contributed by atoms with Crippen molar-refractivity contribution >= 4 is 20.9 Å². The van der Waals surface area contributed by atoms with Crippen molar-refractivity contribution < 1.29 is 12.8 Å². The fraction of sp³-hybridized carbons (Fsp3) is 0.0909. The van der Waals surface area contributed by atoms with E-state index < -0.39 is 10.0 Å². The highest BCUT2D eigenvalue weighted by molar-refractivity contribution is 7.89. The lowest BCUT2D eigenvalue weighted by molar-refractivity contribution is 0.577. The van der Waals surface area contributed by atoms with E-state index in [-0.39, 0.29) is 23.2 Å². The molecule has 0 amide bonds. The zero-order valence-electron chi connectivity index (χ0n) is 15.0. The van der Waals surface area contributed by atoms with Gasteiger partial charge in [0.25, 0.3) is 0 Å². The van der Waals surface area contributed by atoms with E-state index in [2.05, 4.69) is 9.71 Å². The molecule has 142 valence electrons. The van der Waals surface area contributed by atoms with Crippen LogP contribution in [-0.2, 0) is 10.0 Å². The lowest BCUT2D eigenvalue weighted by atomic mass is 9.91. The summed E-state index contributed by atoms with van der Waals surface area (Å²) in [6, 6.07) is 22.3. The summed E-state index contributed by atoms with van der Waals surface area (Å²) in [5.74, 6) is -0.596. The van der Waals surface area contributed by atoms with Gasteiger partial charge in [0, 0.05) is 29.6 Å². The fourth-order valence-electron chi connectivity index (χ4n) is 3.36. The van der Waals surface area contributed by atoms with Gasteiger partial charge in [0.1, 0.15) is 5.82 Å². The van der Waals surface area contributed by atoms with Crippen molar-refractivity contribution in [1.82, 2.24) is 9.71 Å². The summed E-state index contributed by atoms with van der Waals surface area (Å²) in [4.78, 5) is 3.44. The van der Waals surface area contributed by atoms with E-state index in [1.165, 1.54) is 12.1 Å². The van der Waals surface area contributed by atoms with Crippen LogP contribution in [0.15, 0.2) is 90.0 Å². The summed E-state index contributed by atoms with van der Waals surface area (Å²) in [6.07, 6.45) is 1.88. The Balaban J connectivity index is 1.71. The molecule has 2 N–H and O–H groups in total. The Bertz CT molecular complexity index is 1190. The van der Waals surface area contributed by atoms with Crippen LogP contribution < -0.4 is 4.72 Å². The van der Waals surface area contributed by atoms with E-state index in [0.29, 0.717) is 0 Å². The van der Waals surface area contributed by atoms with Crippen LogP contribution in [0.1, 0.15) is 17.0 Å². The quantitative estimate of drug-likeness (QED) is 0.509. The second-order valence-corrected chi connectivity index (χ2v) is 8.33. The maximum Gasteiger partial charge on any atom is 0.240 e. The molecule has 4 rings (SSSR count). The minimum absolute atomic E-state index is 0.157. The average molecular weight is 394 g/mol. The molecule has 28 heavy (non-hydrogen) atoms. The zero-order chi connectivity index (χ0) is 19.6. The topological polar surface area (TPSA) is 62.0 Å². The first-order valence-corrected chi connectivity index (χ1v) is 10.4. The maximum atomic E-state index is 13.4. The van der Waals surface area contributed by atoms with E-state index in [1.54, 1.807) is 42.5 Å². The number of fused-ring (bicyclic) bond motifs is 1. The predicted octanol–water partition coefficient (Wildman–Crippen LogP) is 4.42. The maximum absolute atomic E-state index is 13.4. The van der Waals surface area contributed by atoms with Crippen LogP contribution >= 0.6 is 0 Å². The molecule has 0 bridgehead atoms. The van der Waals surface area contributed by atoms with Crippen molar-refractivity contribution in [3.63, 3.8) is 0 Å². The normalized spacial score (nSPS) is 12.9. The molecule has 0 spiro atoms. The molecule has 1 atom stereocenters. The third-order valence-electron chi connectivity index (χ3n) is 4.80. The smallest absolute Gasteiger partial charge is 0.240 e. The highest BCUT2D eigenvalue weighted by atomic mass is 32.2. The monoisotopic (exact) mass is 394 g/mol. The molecule has 0 aliphatic heterocycles. The molecule has 0 saturated carbocycles. The number of H-pyrrole nitrogens is 1. The van der Waals surface area contributed by atoms with Crippen molar-refractivity contribution in [2.75, 3.05) is 6.54 Å². The summed E-state index contributed by atoms with van der Waals surface area (Å²) < 4.78 is 41.5. The number of rotatable bonds is 6. The van der Waals surface area contributed by atoms with Crippen LogP contribution in [0.2, 0.25) is 0 Å². The van der Waals surface area contributed by atoms with Gasteiger partial charge in [-0.05, 0) is 41.5 Å². The summed E-state index contributed by atoms with van der Waals surface area (Å²) in [5.41, 5.74) is 2.76. The molecule has 0 aliphatic rings. The molecular formula is C22H19FN2O2S. The summed E-state index contributed by atoms with van der Waals surface area (Å²) >= 11 is 0. The Labute approximate surface area is 163 Å². The van der Waals surface area contributed by atoms with Crippen LogP contribution in [-0.4, -0.2) is 19.9 Å². The van der Waals surface area contributed by atoms with Gasteiger partial charge in [0.2, 0.25) is 10.0 Å². The molecule has 0 aliphatic carbocycles. The van der Waals surface area contributed by atoms with E-state index in [0.717, 1.165) is 22.0 Å². The number of nitrogens with one attached hydrogen (secondary N) is 2. The molecule has 0 radical (unpaired) electrons. The zero-order valence-corrected chi connectivity index (χ0v) is 15.8. The number of hydrogen-bond donors (Lipinski definition) is 2. The average Bonchev–Trinajstić information content (AvgIpc) is 3.14. The third-order valence-corrected chi connectivity index (χ3v) is 6.24. The van der Waals surface area contributed by atoms with Crippen LogP contribution in [0.4, 0.5) is 4.39 Å². The van der Waals surface area contributed by atoms with E-state index in [9.17, 15) is 12.8 Å². The van der Waals surface area contributed by atoms with Gasteiger partial charge in [-0.1, -0.05) is 48.5 Å². The van der Waals surface area contributed by atoms with Gasteiger partial charge in [-0.25, -0.2) is 17.5 Å². The largest absolute Gasteiger partial charge is 0.361 e. The van der Waals surface area contributed by atoms with Crippen LogP contribution in [0.5, 0.6) is 0 Å². The molecular weight excluding hydrogens is 375 g/mol. The Morgan fingerprint density at radius 1 is 0.893 bits per heavy atom. The molecule has 0 fully saturated rings. The summed E-state index contributed by atoms with van der Waals surface area (Å²) in [5, 5.41) is 1.01. The van der Waals surface area contributed by atoms with Crippen LogP contribution in [0.3, 0.4) is 0 Å². The van der Waals surface area contributed by atoms with Gasteiger partial charge in [0.05, 0.1) is 4.90 Å². The minimum Gasteiger partial charge on any atom is -0.361 e. The standard InChI is InChI=1S/C22H19FN2O2S/c23-17-12-10-16(11-13-17)20(21-14-24-22-9-5-4-8-19(21)22)15-25-28(26,27)18-6-2-1-3-7-18/h1-14,20,24-25H,15H2/t20-/m1/s1. The van der Waals surface area contributed by atoms with Crippen molar-refractivity contribution in [2.45, 2.75) is 10.8 Å². The van der Waals surface area contributed by atoms with Gasteiger partial charge in [0.15, 0.2) is 0 Å². The number of para-hydroxylation sites is 1. The predicted molar refractivity (Wildman–Crippen MR) is 108 cm³/mol. The van der Waals surface area contributed by atoms with Crippen LogP contribution in [0, 0.1) is 5.82 Å². The van der Waals surface area contributed by atoms with Crippen molar-refractivity contribution in [2.24, 2.45) is 0 Å². The fourth-order valence-corrected chi connectivity index (χ4v) is 4.43. The number of aromatic amines is 1. The van der Waals surface area contributed by atoms with E-state index >= 15 is 0 Å². The highest BCUT2D eigenvalue weighted by Crippen LogP contribution is 2.31. The van der Waals surface area contributed by atoms with E-state index in [4.69, 9.17) is 0 Å². The Hall–Kier alpha value is -2.96. The molecule has 6 heteroatoms. The van der Waals surface area contributed by atoms with Gasteiger partial charge >= 0.3 is 0 Å². The first kappa shape index (κ1) is 18.4. The van der Waals surface area contributed by atoms with Crippen LogP contribution in [0.25, 0.3) is 10.9 Å². The molecule has 4 nitrogen and oxygen atoms in total. The third kappa shape index (κ3) is 3.69. The van der Waals surface area contributed by atoms with Crippen molar-refractivity contribution in [3.8, 4) is 0 Å². The Kier molecular flexibility index (Phi) is 4.98. The lowest BCUT2D eigenvalue weighted by Crippen LogP contribution is -2.29. The highest BCUT2D eigenvalue weighted by Gasteiger charge is 2.22. The summed E-state index contributed by atoms with van der Waals surface area (Å²) in [7, 11) is -3.65. The van der Waals surface area contributed by atoms with Crippen molar-refractivity contribution in [3.05, 3.63) is 102 Å². The second-order valence-electron chi connectivity index (χ2n) is 6.56. The number of aromatic nitrogens is 1. The molecule has 1 heterocycles. The second kappa shape index (κ2) is 7.58. The number of sulfonamides is 1.